The fourth-order valence-corrected chi connectivity index (χ4v) is 5.22. The smallest absolute Gasteiger partial charge is 0.254 e. The van der Waals surface area contributed by atoms with Crippen LogP contribution >= 0.6 is 0 Å². The van der Waals surface area contributed by atoms with Gasteiger partial charge in [-0.05, 0) is 62.2 Å². The molecule has 204 valence electrons. The van der Waals surface area contributed by atoms with Gasteiger partial charge in [-0.3, -0.25) is 4.79 Å². The number of hydrogen-bond donors (Lipinski definition) is 0. The molecule has 0 saturated carbocycles. The summed E-state index contributed by atoms with van der Waals surface area (Å²) in [6.07, 6.45) is 2.81. The van der Waals surface area contributed by atoms with Crippen LogP contribution in [0.15, 0.2) is 48.5 Å². The van der Waals surface area contributed by atoms with E-state index in [1.165, 1.54) is 12.1 Å². The SMILES string of the molecule is CCCC(C)c1nc(N2CCCN(C(=O)c3cccc(OC)c3)CC2)c2c(C)nn(-c3ccc(F)cc3)c2n1. The number of fused-ring (bicyclic) bond motifs is 1. The zero-order chi connectivity index (χ0) is 27.5. The lowest BCUT2D eigenvalue weighted by Gasteiger charge is -2.24. The molecule has 0 bridgehead atoms. The molecule has 1 atom stereocenters. The number of halogens is 1. The normalized spacial score (nSPS) is 14.9. The number of benzene rings is 2. The van der Waals surface area contributed by atoms with E-state index < -0.39 is 0 Å². The Labute approximate surface area is 228 Å². The van der Waals surface area contributed by atoms with Crippen LogP contribution in [0.5, 0.6) is 5.75 Å². The van der Waals surface area contributed by atoms with Crippen LogP contribution in [0.2, 0.25) is 0 Å². The Balaban J connectivity index is 1.51. The second-order valence-corrected chi connectivity index (χ2v) is 10.1. The average molecular weight is 531 g/mol. The largest absolute Gasteiger partial charge is 0.497 e. The number of rotatable bonds is 7. The first-order valence-corrected chi connectivity index (χ1v) is 13.6. The molecule has 1 saturated heterocycles. The average Bonchev–Trinajstić information content (AvgIpc) is 3.11. The predicted molar refractivity (Wildman–Crippen MR) is 150 cm³/mol. The van der Waals surface area contributed by atoms with E-state index in [9.17, 15) is 9.18 Å². The molecule has 0 aliphatic carbocycles. The number of ether oxygens (including phenoxy) is 1. The van der Waals surface area contributed by atoms with E-state index in [0.29, 0.717) is 30.9 Å². The van der Waals surface area contributed by atoms with E-state index in [0.717, 1.165) is 59.9 Å². The number of anilines is 1. The fourth-order valence-electron chi connectivity index (χ4n) is 5.22. The van der Waals surface area contributed by atoms with Gasteiger partial charge in [0.25, 0.3) is 5.91 Å². The van der Waals surface area contributed by atoms with E-state index in [-0.39, 0.29) is 17.6 Å². The van der Waals surface area contributed by atoms with E-state index in [1.54, 1.807) is 30.0 Å². The lowest BCUT2D eigenvalue weighted by Crippen LogP contribution is -2.35. The molecule has 4 aromatic rings. The first-order valence-electron chi connectivity index (χ1n) is 13.6. The Morgan fingerprint density at radius 1 is 1.08 bits per heavy atom. The molecule has 1 amide bonds. The maximum Gasteiger partial charge on any atom is 0.254 e. The Morgan fingerprint density at radius 2 is 1.87 bits per heavy atom. The lowest BCUT2D eigenvalue weighted by atomic mass is 10.1. The highest BCUT2D eigenvalue weighted by molar-refractivity contribution is 5.95. The van der Waals surface area contributed by atoms with Gasteiger partial charge < -0.3 is 14.5 Å². The number of hydrogen-bond acceptors (Lipinski definition) is 6. The zero-order valence-corrected chi connectivity index (χ0v) is 23.0. The molecule has 2 aromatic carbocycles. The number of carbonyl (C=O) groups is 1. The van der Waals surface area contributed by atoms with Crippen molar-refractivity contribution in [1.82, 2.24) is 24.6 Å². The van der Waals surface area contributed by atoms with Gasteiger partial charge in [-0.15, -0.1) is 0 Å². The van der Waals surface area contributed by atoms with Crippen molar-refractivity contribution < 1.29 is 13.9 Å². The predicted octanol–water partition coefficient (Wildman–Crippen LogP) is 5.53. The van der Waals surface area contributed by atoms with Crippen molar-refractivity contribution in [2.45, 2.75) is 46.0 Å². The number of aromatic nitrogens is 4. The molecule has 1 aliphatic heterocycles. The fraction of sp³-hybridized carbons (Fsp3) is 0.400. The summed E-state index contributed by atoms with van der Waals surface area (Å²) in [4.78, 5) is 27.6. The highest BCUT2D eigenvalue weighted by Crippen LogP contribution is 2.32. The van der Waals surface area contributed by atoms with Crippen LogP contribution in [0.25, 0.3) is 16.7 Å². The Hall–Kier alpha value is -4.01. The van der Waals surface area contributed by atoms with Crippen molar-refractivity contribution >= 4 is 22.8 Å². The van der Waals surface area contributed by atoms with Crippen molar-refractivity contribution in [2.24, 2.45) is 0 Å². The maximum absolute atomic E-state index is 13.7. The molecular formula is C30H35FN6O2. The van der Waals surface area contributed by atoms with Crippen LogP contribution in [0.1, 0.15) is 60.9 Å². The number of nitrogens with zero attached hydrogens (tertiary/aromatic N) is 6. The summed E-state index contributed by atoms with van der Waals surface area (Å²) in [6, 6.07) is 13.6. The van der Waals surface area contributed by atoms with Crippen LogP contribution in [0.4, 0.5) is 10.2 Å². The molecule has 0 radical (unpaired) electrons. The summed E-state index contributed by atoms with van der Waals surface area (Å²) in [5.74, 6) is 2.17. The molecular weight excluding hydrogens is 495 g/mol. The van der Waals surface area contributed by atoms with Gasteiger partial charge in [0.2, 0.25) is 0 Å². The minimum atomic E-state index is -0.294. The topological polar surface area (TPSA) is 76.4 Å². The van der Waals surface area contributed by atoms with Gasteiger partial charge in [0, 0.05) is 37.7 Å². The molecule has 2 aromatic heterocycles. The van der Waals surface area contributed by atoms with E-state index in [1.807, 2.05) is 30.0 Å². The van der Waals surface area contributed by atoms with Crippen molar-refractivity contribution in [3.05, 3.63) is 71.4 Å². The van der Waals surface area contributed by atoms with Gasteiger partial charge in [-0.25, -0.2) is 19.0 Å². The van der Waals surface area contributed by atoms with Crippen molar-refractivity contribution in [2.75, 3.05) is 38.2 Å². The van der Waals surface area contributed by atoms with Gasteiger partial charge >= 0.3 is 0 Å². The van der Waals surface area contributed by atoms with Gasteiger partial charge in [0.15, 0.2) is 5.65 Å². The van der Waals surface area contributed by atoms with Crippen LogP contribution in [-0.4, -0.2) is 63.8 Å². The maximum atomic E-state index is 13.7. The molecule has 39 heavy (non-hydrogen) atoms. The number of carbonyl (C=O) groups excluding carboxylic acids is 1. The van der Waals surface area contributed by atoms with Crippen molar-refractivity contribution in [3.63, 3.8) is 0 Å². The quantitative estimate of drug-likeness (QED) is 0.313. The van der Waals surface area contributed by atoms with Crippen LogP contribution in [0.3, 0.4) is 0 Å². The highest BCUT2D eigenvalue weighted by Gasteiger charge is 2.26. The van der Waals surface area contributed by atoms with Gasteiger partial charge in [0.05, 0.1) is 23.9 Å². The summed E-state index contributed by atoms with van der Waals surface area (Å²) in [6.45, 7) is 8.91. The second-order valence-electron chi connectivity index (χ2n) is 10.1. The summed E-state index contributed by atoms with van der Waals surface area (Å²) < 4.78 is 20.8. The first-order chi connectivity index (χ1) is 18.9. The molecule has 0 spiro atoms. The number of methoxy groups -OCH3 is 1. The van der Waals surface area contributed by atoms with Crippen molar-refractivity contribution in [1.29, 1.82) is 0 Å². The molecule has 9 heteroatoms. The van der Waals surface area contributed by atoms with E-state index in [2.05, 4.69) is 18.7 Å². The number of aryl methyl sites for hydroxylation is 1. The van der Waals surface area contributed by atoms with Crippen LogP contribution in [0, 0.1) is 12.7 Å². The third kappa shape index (κ3) is 5.44. The minimum Gasteiger partial charge on any atom is -0.497 e. The Kier molecular flexibility index (Phi) is 7.77. The molecule has 5 rings (SSSR count). The van der Waals surface area contributed by atoms with Crippen molar-refractivity contribution in [3.8, 4) is 11.4 Å². The monoisotopic (exact) mass is 530 g/mol. The van der Waals surface area contributed by atoms with Crippen LogP contribution < -0.4 is 9.64 Å². The third-order valence-corrected chi connectivity index (χ3v) is 7.33. The highest BCUT2D eigenvalue weighted by atomic mass is 19.1. The summed E-state index contributed by atoms with van der Waals surface area (Å²) in [5, 5.41) is 5.69. The molecule has 3 heterocycles. The van der Waals surface area contributed by atoms with Crippen LogP contribution in [-0.2, 0) is 0 Å². The summed E-state index contributed by atoms with van der Waals surface area (Å²) in [7, 11) is 1.60. The number of amides is 1. The molecule has 1 unspecified atom stereocenters. The zero-order valence-electron chi connectivity index (χ0n) is 23.0. The summed E-state index contributed by atoms with van der Waals surface area (Å²) in [5.41, 5.74) is 2.90. The second kappa shape index (κ2) is 11.4. The third-order valence-electron chi connectivity index (χ3n) is 7.33. The molecule has 1 aliphatic rings. The van der Waals surface area contributed by atoms with Gasteiger partial charge in [0.1, 0.15) is 23.2 Å². The van der Waals surface area contributed by atoms with Gasteiger partial charge in [-0.1, -0.05) is 26.3 Å². The molecule has 1 fully saturated rings. The summed E-state index contributed by atoms with van der Waals surface area (Å²) >= 11 is 0. The van der Waals surface area contributed by atoms with E-state index >= 15 is 0 Å². The van der Waals surface area contributed by atoms with Gasteiger partial charge in [-0.2, -0.15) is 5.10 Å². The molecule has 0 N–H and O–H groups in total. The Bertz CT molecular complexity index is 1470. The molecule has 8 nitrogen and oxygen atoms in total. The van der Waals surface area contributed by atoms with E-state index in [4.69, 9.17) is 19.8 Å². The first kappa shape index (κ1) is 26.6. The minimum absolute atomic E-state index is 0.00107. The Morgan fingerprint density at radius 3 is 2.62 bits per heavy atom. The lowest BCUT2D eigenvalue weighted by molar-refractivity contribution is 0.0766. The standard InChI is InChI=1S/C30H35FN6O2/c1-5-8-20(2)27-32-28(26-21(3)34-37(29(26)33-27)24-13-11-23(31)12-14-24)35-15-7-16-36(18-17-35)30(38)22-9-6-10-25(19-22)39-4/h6,9-14,19-20H,5,7-8,15-18H2,1-4H3.